The first-order valence-electron chi connectivity index (χ1n) is 10.7. The van der Waals surface area contributed by atoms with E-state index >= 15 is 0 Å². The molecule has 0 aliphatic heterocycles. The Balaban J connectivity index is 2.55. The van der Waals surface area contributed by atoms with Gasteiger partial charge in [-0.25, -0.2) is 4.79 Å². The van der Waals surface area contributed by atoms with E-state index < -0.39 is 5.60 Å². The van der Waals surface area contributed by atoms with Gasteiger partial charge in [-0.1, -0.05) is 40.0 Å². The van der Waals surface area contributed by atoms with Crippen molar-refractivity contribution in [3.63, 3.8) is 0 Å². The molecule has 0 radical (unpaired) electrons. The smallest absolute Gasteiger partial charge is 0.407 e. The molecule has 0 saturated heterocycles. The zero-order valence-corrected chi connectivity index (χ0v) is 19.0. The van der Waals surface area contributed by atoms with Gasteiger partial charge in [-0.2, -0.15) is 5.26 Å². The molecule has 0 spiro atoms. The van der Waals surface area contributed by atoms with Gasteiger partial charge in [0.25, 0.3) is 0 Å². The first kappa shape index (κ1) is 23.1. The Hall–Kier alpha value is -2.22. The standard InChI is InChI=1S/C24H36N2O3/c1-8-10-11-24(6)19-14-20(28-7)18(15-25)13-17(19)12-16(9-2)21(24)26-22(27)29-23(3,4)5/h13-14,16,21H,8-12H2,1-7H3,(H,26,27). The highest BCUT2D eigenvalue weighted by atomic mass is 16.6. The quantitative estimate of drug-likeness (QED) is 0.685. The molecule has 5 nitrogen and oxygen atoms in total. The third-order valence-electron chi connectivity index (χ3n) is 6.05. The number of hydrogen-bond donors (Lipinski definition) is 1. The van der Waals surface area contributed by atoms with Crippen molar-refractivity contribution < 1.29 is 14.3 Å². The van der Waals surface area contributed by atoms with Gasteiger partial charge in [0.2, 0.25) is 0 Å². The number of nitrogens with zero attached hydrogens (tertiary/aromatic N) is 1. The Bertz CT molecular complexity index is 776. The molecule has 1 aromatic carbocycles. The molecule has 1 aromatic rings. The predicted octanol–water partition coefficient (Wildman–Crippen LogP) is 5.49. The first-order chi connectivity index (χ1) is 13.6. The molecule has 1 aliphatic carbocycles. The van der Waals surface area contributed by atoms with Crippen LogP contribution in [0.15, 0.2) is 12.1 Å². The van der Waals surface area contributed by atoms with Crippen LogP contribution >= 0.6 is 0 Å². The minimum absolute atomic E-state index is 0.0426. The number of nitriles is 1. The van der Waals surface area contributed by atoms with E-state index in [4.69, 9.17) is 9.47 Å². The summed E-state index contributed by atoms with van der Waals surface area (Å²) < 4.78 is 11.1. The molecular formula is C24H36N2O3. The molecular weight excluding hydrogens is 364 g/mol. The van der Waals surface area contributed by atoms with Crippen LogP contribution in [0.3, 0.4) is 0 Å². The van der Waals surface area contributed by atoms with Gasteiger partial charge < -0.3 is 14.8 Å². The Kier molecular flexibility index (Phi) is 7.21. The van der Waals surface area contributed by atoms with Crippen molar-refractivity contribution >= 4 is 6.09 Å². The van der Waals surface area contributed by atoms with Gasteiger partial charge in [0, 0.05) is 11.5 Å². The van der Waals surface area contributed by atoms with Crippen molar-refractivity contribution in [2.24, 2.45) is 5.92 Å². The molecule has 3 unspecified atom stereocenters. The van der Waals surface area contributed by atoms with E-state index in [9.17, 15) is 10.1 Å². The van der Waals surface area contributed by atoms with E-state index in [0.29, 0.717) is 11.3 Å². The fourth-order valence-electron chi connectivity index (χ4n) is 4.60. The number of methoxy groups -OCH3 is 1. The van der Waals surface area contributed by atoms with E-state index in [0.717, 1.165) is 32.1 Å². The van der Waals surface area contributed by atoms with E-state index in [2.05, 4.69) is 32.2 Å². The zero-order chi connectivity index (χ0) is 21.8. The number of rotatable bonds is 6. The Morgan fingerprint density at radius 1 is 1.34 bits per heavy atom. The van der Waals surface area contributed by atoms with E-state index in [1.54, 1.807) is 7.11 Å². The number of amides is 1. The van der Waals surface area contributed by atoms with Gasteiger partial charge in [-0.05, 0) is 62.8 Å². The lowest BCUT2D eigenvalue weighted by Crippen LogP contribution is -2.57. The highest BCUT2D eigenvalue weighted by molar-refractivity contribution is 5.69. The summed E-state index contributed by atoms with van der Waals surface area (Å²) in [5.74, 6) is 0.872. The highest BCUT2D eigenvalue weighted by Crippen LogP contribution is 2.46. The average molecular weight is 401 g/mol. The van der Waals surface area contributed by atoms with Crippen LogP contribution in [-0.4, -0.2) is 24.8 Å². The molecule has 0 fully saturated rings. The second kappa shape index (κ2) is 9.07. The molecule has 0 saturated carbocycles. The molecule has 0 aromatic heterocycles. The van der Waals surface area contributed by atoms with Crippen molar-refractivity contribution in [3.8, 4) is 11.8 Å². The lowest BCUT2D eigenvalue weighted by atomic mass is 9.61. The maximum Gasteiger partial charge on any atom is 0.407 e. The summed E-state index contributed by atoms with van der Waals surface area (Å²) in [6.07, 6.45) is 4.48. The summed E-state index contributed by atoms with van der Waals surface area (Å²) in [5.41, 5.74) is 2.13. The summed E-state index contributed by atoms with van der Waals surface area (Å²) in [7, 11) is 1.60. The summed E-state index contributed by atoms with van der Waals surface area (Å²) in [6.45, 7) is 12.2. The number of hydrogen-bond acceptors (Lipinski definition) is 4. The molecule has 160 valence electrons. The molecule has 0 heterocycles. The highest BCUT2D eigenvalue weighted by Gasteiger charge is 2.46. The van der Waals surface area contributed by atoms with Crippen molar-refractivity contribution in [1.29, 1.82) is 5.26 Å². The van der Waals surface area contributed by atoms with Crippen molar-refractivity contribution in [3.05, 3.63) is 28.8 Å². The zero-order valence-electron chi connectivity index (χ0n) is 19.0. The van der Waals surface area contributed by atoms with Crippen molar-refractivity contribution in [1.82, 2.24) is 5.32 Å². The van der Waals surface area contributed by atoms with Crippen LogP contribution in [0.5, 0.6) is 5.75 Å². The van der Waals surface area contributed by atoms with Gasteiger partial charge in [-0.3, -0.25) is 0 Å². The van der Waals surface area contributed by atoms with Crippen LogP contribution in [0.25, 0.3) is 0 Å². The van der Waals surface area contributed by atoms with Gasteiger partial charge in [0.1, 0.15) is 17.4 Å². The Morgan fingerprint density at radius 3 is 2.55 bits per heavy atom. The molecule has 29 heavy (non-hydrogen) atoms. The summed E-state index contributed by atoms with van der Waals surface area (Å²) in [5, 5.41) is 12.7. The topological polar surface area (TPSA) is 71.3 Å². The summed E-state index contributed by atoms with van der Waals surface area (Å²) in [6, 6.07) is 6.20. The predicted molar refractivity (Wildman–Crippen MR) is 115 cm³/mol. The van der Waals surface area contributed by atoms with Crippen LogP contribution in [0.4, 0.5) is 4.79 Å². The minimum atomic E-state index is -0.539. The summed E-state index contributed by atoms with van der Waals surface area (Å²) in [4.78, 5) is 12.7. The maximum atomic E-state index is 12.7. The second-order valence-electron chi connectivity index (χ2n) is 9.34. The number of benzene rings is 1. The van der Waals surface area contributed by atoms with Gasteiger partial charge >= 0.3 is 6.09 Å². The SMILES string of the molecule is CCCCC1(C)c2cc(OC)c(C#N)cc2CC(CC)C1NC(=O)OC(C)(C)C. The third kappa shape index (κ3) is 5.04. The van der Waals surface area contributed by atoms with Gasteiger partial charge in [0.05, 0.1) is 12.7 Å². The van der Waals surface area contributed by atoms with Gasteiger partial charge in [0.15, 0.2) is 0 Å². The first-order valence-corrected chi connectivity index (χ1v) is 10.7. The molecule has 1 N–H and O–H groups in total. The van der Waals surface area contributed by atoms with Crippen LogP contribution in [0, 0.1) is 17.2 Å². The molecule has 2 rings (SSSR count). The van der Waals surface area contributed by atoms with Crippen LogP contribution in [0.2, 0.25) is 0 Å². The van der Waals surface area contributed by atoms with E-state index in [1.807, 2.05) is 32.9 Å². The fourth-order valence-corrected chi connectivity index (χ4v) is 4.60. The molecule has 3 atom stereocenters. The monoisotopic (exact) mass is 400 g/mol. The molecule has 1 amide bonds. The Morgan fingerprint density at radius 2 is 2.03 bits per heavy atom. The maximum absolute atomic E-state index is 12.7. The lowest BCUT2D eigenvalue weighted by Gasteiger charge is -2.48. The van der Waals surface area contributed by atoms with Gasteiger partial charge in [-0.15, -0.1) is 0 Å². The molecule has 5 heteroatoms. The number of unbranched alkanes of at least 4 members (excludes halogenated alkanes) is 1. The number of fused-ring (bicyclic) bond motifs is 1. The number of carbonyl (C=O) groups is 1. The largest absolute Gasteiger partial charge is 0.495 e. The molecule has 1 aliphatic rings. The Labute approximate surface area is 175 Å². The fraction of sp³-hybridized carbons (Fsp3) is 0.667. The van der Waals surface area contributed by atoms with Crippen LogP contribution in [0.1, 0.15) is 83.9 Å². The van der Waals surface area contributed by atoms with E-state index in [-0.39, 0.29) is 23.5 Å². The molecule has 0 bridgehead atoms. The lowest BCUT2D eigenvalue weighted by molar-refractivity contribution is 0.0428. The van der Waals surface area contributed by atoms with Crippen molar-refractivity contribution in [2.75, 3.05) is 7.11 Å². The van der Waals surface area contributed by atoms with Crippen LogP contribution < -0.4 is 10.1 Å². The normalized spacial score (nSPS) is 23.7. The minimum Gasteiger partial charge on any atom is -0.495 e. The van der Waals surface area contributed by atoms with Crippen molar-refractivity contribution in [2.45, 2.75) is 90.7 Å². The summed E-state index contributed by atoms with van der Waals surface area (Å²) >= 11 is 0. The number of nitrogens with one attached hydrogen (secondary N) is 1. The number of ether oxygens (including phenoxy) is 2. The average Bonchev–Trinajstić information content (AvgIpc) is 2.66. The number of alkyl carbamates (subject to hydrolysis) is 1. The van der Waals surface area contributed by atoms with Crippen LogP contribution in [-0.2, 0) is 16.6 Å². The number of carbonyl (C=O) groups excluding carboxylic acids is 1. The second-order valence-corrected chi connectivity index (χ2v) is 9.34. The third-order valence-corrected chi connectivity index (χ3v) is 6.05. The van der Waals surface area contributed by atoms with E-state index in [1.165, 1.54) is 11.1 Å².